The minimum Gasteiger partial charge on any atom is -0.481 e. The zero-order valence-electron chi connectivity index (χ0n) is 9.60. The van der Waals surface area contributed by atoms with E-state index in [1.54, 1.807) is 6.92 Å². The van der Waals surface area contributed by atoms with Gasteiger partial charge in [-0.15, -0.1) is 0 Å². The van der Waals surface area contributed by atoms with Gasteiger partial charge in [0.05, 0.1) is 0 Å². The number of nitrogens with zero attached hydrogens (tertiary/aromatic N) is 1. The van der Waals surface area contributed by atoms with Crippen molar-refractivity contribution in [2.24, 2.45) is 11.8 Å². The Morgan fingerprint density at radius 2 is 1.94 bits per heavy atom. The molecule has 0 aromatic carbocycles. The van der Waals surface area contributed by atoms with E-state index in [4.69, 9.17) is 5.11 Å². The molecule has 1 saturated heterocycles. The summed E-state index contributed by atoms with van der Waals surface area (Å²) in [7, 11) is 0. The predicted octanol–water partition coefficient (Wildman–Crippen LogP) is 0.882. The first-order valence-corrected chi connectivity index (χ1v) is 5.45. The molecule has 1 N–H and O–H groups in total. The zero-order valence-corrected chi connectivity index (χ0v) is 9.60. The third-order valence-electron chi connectivity index (χ3n) is 2.67. The molecular formula is C11H17NO4. The molecule has 0 spiro atoms. The van der Waals surface area contributed by atoms with Crippen LogP contribution in [0.4, 0.5) is 0 Å². The lowest BCUT2D eigenvalue weighted by molar-refractivity contribution is -0.151. The Labute approximate surface area is 94.4 Å². The molecule has 1 aliphatic heterocycles. The molecule has 16 heavy (non-hydrogen) atoms. The monoisotopic (exact) mass is 227 g/mol. The number of carbonyl (C=O) groups excluding carboxylic acids is 2. The van der Waals surface area contributed by atoms with Crippen LogP contribution in [0, 0.1) is 11.8 Å². The normalized spacial score (nSPS) is 20.0. The highest BCUT2D eigenvalue weighted by Gasteiger charge is 2.31. The highest BCUT2D eigenvalue weighted by atomic mass is 16.4. The van der Waals surface area contributed by atoms with E-state index in [9.17, 15) is 14.4 Å². The minimum atomic E-state index is -0.905. The maximum Gasteiger partial charge on any atom is 0.303 e. The first-order valence-electron chi connectivity index (χ1n) is 5.45. The fourth-order valence-electron chi connectivity index (χ4n) is 1.91. The summed E-state index contributed by atoms with van der Waals surface area (Å²) in [6, 6.07) is 0. The largest absolute Gasteiger partial charge is 0.481 e. The fourth-order valence-corrected chi connectivity index (χ4v) is 1.91. The Balaban J connectivity index is 2.55. The smallest absolute Gasteiger partial charge is 0.303 e. The molecule has 1 heterocycles. The number of imide groups is 1. The Kier molecular flexibility index (Phi) is 4.04. The second-order valence-corrected chi connectivity index (χ2v) is 4.61. The Hall–Kier alpha value is -1.39. The van der Waals surface area contributed by atoms with Crippen LogP contribution in [-0.4, -0.2) is 34.3 Å². The number of carbonyl (C=O) groups is 3. The van der Waals surface area contributed by atoms with E-state index >= 15 is 0 Å². The summed E-state index contributed by atoms with van der Waals surface area (Å²) in [5.41, 5.74) is 0. The predicted molar refractivity (Wildman–Crippen MR) is 56.5 cm³/mol. The number of likely N-dealkylation sites (tertiary alicyclic amines) is 1. The third kappa shape index (κ3) is 3.32. The molecule has 0 aliphatic carbocycles. The molecule has 0 radical (unpaired) electrons. The molecule has 0 aromatic rings. The van der Waals surface area contributed by atoms with E-state index in [1.165, 1.54) is 4.90 Å². The molecule has 0 saturated carbocycles. The number of hydrogen-bond acceptors (Lipinski definition) is 3. The summed E-state index contributed by atoms with van der Waals surface area (Å²) >= 11 is 0. The molecule has 5 nitrogen and oxygen atoms in total. The number of piperidine rings is 1. The van der Waals surface area contributed by atoms with Crippen molar-refractivity contribution in [3.63, 3.8) is 0 Å². The fraction of sp³-hybridized carbons (Fsp3) is 0.727. The highest BCUT2D eigenvalue weighted by Crippen LogP contribution is 2.20. The van der Waals surface area contributed by atoms with Gasteiger partial charge in [0.15, 0.2) is 0 Å². The summed E-state index contributed by atoms with van der Waals surface area (Å²) in [5.74, 6) is -1.36. The van der Waals surface area contributed by atoms with E-state index in [0.29, 0.717) is 12.8 Å². The van der Waals surface area contributed by atoms with Gasteiger partial charge in [-0.05, 0) is 11.8 Å². The average molecular weight is 227 g/mol. The van der Waals surface area contributed by atoms with Gasteiger partial charge in [0.25, 0.3) is 0 Å². The molecule has 1 fully saturated rings. The Morgan fingerprint density at radius 3 is 2.38 bits per heavy atom. The molecule has 1 unspecified atom stereocenters. The van der Waals surface area contributed by atoms with Gasteiger partial charge in [-0.2, -0.15) is 0 Å². The number of hydrogen-bond donors (Lipinski definition) is 1. The van der Waals surface area contributed by atoms with E-state index in [-0.39, 0.29) is 36.6 Å². The summed E-state index contributed by atoms with van der Waals surface area (Å²) < 4.78 is 0. The van der Waals surface area contributed by atoms with Crippen molar-refractivity contribution in [3.8, 4) is 0 Å². The van der Waals surface area contributed by atoms with Gasteiger partial charge in [0.1, 0.15) is 0 Å². The minimum absolute atomic E-state index is 0.0212. The summed E-state index contributed by atoms with van der Waals surface area (Å²) in [6.07, 6.45) is 0.740. The molecule has 90 valence electrons. The van der Waals surface area contributed by atoms with Gasteiger partial charge in [-0.3, -0.25) is 19.3 Å². The van der Waals surface area contributed by atoms with Crippen LogP contribution in [-0.2, 0) is 14.4 Å². The quantitative estimate of drug-likeness (QED) is 0.723. The maximum absolute atomic E-state index is 11.6. The molecule has 5 heteroatoms. The summed E-state index contributed by atoms with van der Waals surface area (Å²) in [5, 5.41) is 8.60. The zero-order chi connectivity index (χ0) is 12.3. The SMILES string of the molecule is CC1CC(=O)N(CC(C)CC(=O)O)C(=O)C1. The van der Waals surface area contributed by atoms with E-state index in [1.807, 2.05) is 6.92 Å². The van der Waals surface area contributed by atoms with Gasteiger partial charge < -0.3 is 5.11 Å². The average Bonchev–Trinajstić information content (AvgIpc) is 2.09. The Bertz CT molecular complexity index is 295. The van der Waals surface area contributed by atoms with Crippen molar-refractivity contribution in [3.05, 3.63) is 0 Å². The number of carboxylic acids is 1. The van der Waals surface area contributed by atoms with Crippen LogP contribution in [0.3, 0.4) is 0 Å². The van der Waals surface area contributed by atoms with Gasteiger partial charge in [-0.1, -0.05) is 13.8 Å². The first-order chi connectivity index (χ1) is 7.40. The molecule has 0 aromatic heterocycles. The second kappa shape index (κ2) is 5.09. The molecule has 1 atom stereocenters. The number of rotatable bonds is 4. The lowest BCUT2D eigenvalue weighted by atomic mass is 9.96. The molecular weight excluding hydrogens is 210 g/mol. The van der Waals surface area contributed by atoms with E-state index in [2.05, 4.69) is 0 Å². The first kappa shape index (κ1) is 12.7. The lowest BCUT2D eigenvalue weighted by Crippen LogP contribution is -2.45. The van der Waals surface area contributed by atoms with Gasteiger partial charge in [0.2, 0.25) is 11.8 Å². The number of aliphatic carboxylic acids is 1. The van der Waals surface area contributed by atoms with Gasteiger partial charge >= 0.3 is 5.97 Å². The Morgan fingerprint density at radius 1 is 1.44 bits per heavy atom. The molecule has 1 aliphatic rings. The molecule has 0 bridgehead atoms. The van der Waals surface area contributed by atoms with Crippen LogP contribution in [0.2, 0.25) is 0 Å². The van der Waals surface area contributed by atoms with Crippen molar-refractivity contribution in [2.75, 3.05) is 6.54 Å². The number of amides is 2. The second-order valence-electron chi connectivity index (χ2n) is 4.61. The van der Waals surface area contributed by atoms with E-state index in [0.717, 1.165) is 0 Å². The standard InChI is InChI=1S/C11H17NO4/c1-7-3-9(13)12(10(14)4-7)6-8(2)5-11(15)16/h7-8H,3-6H2,1-2H3,(H,15,16). The van der Waals surface area contributed by atoms with Gasteiger partial charge in [0, 0.05) is 25.8 Å². The van der Waals surface area contributed by atoms with Crippen molar-refractivity contribution in [1.29, 1.82) is 0 Å². The number of carboxylic acid groups (broad SMARTS) is 1. The van der Waals surface area contributed by atoms with Crippen LogP contribution < -0.4 is 0 Å². The van der Waals surface area contributed by atoms with Crippen LogP contribution in [0.1, 0.15) is 33.1 Å². The highest BCUT2D eigenvalue weighted by molar-refractivity contribution is 5.97. The third-order valence-corrected chi connectivity index (χ3v) is 2.67. The molecule has 1 rings (SSSR count). The van der Waals surface area contributed by atoms with Gasteiger partial charge in [-0.25, -0.2) is 0 Å². The lowest BCUT2D eigenvalue weighted by Gasteiger charge is -2.29. The van der Waals surface area contributed by atoms with Crippen molar-refractivity contribution >= 4 is 17.8 Å². The van der Waals surface area contributed by atoms with Crippen LogP contribution in [0.5, 0.6) is 0 Å². The van der Waals surface area contributed by atoms with Crippen molar-refractivity contribution < 1.29 is 19.5 Å². The maximum atomic E-state index is 11.6. The summed E-state index contributed by atoms with van der Waals surface area (Å²) in [4.78, 5) is 34.9. The van der Waals surface area contributed by atoms with Crippen LogP contribution in [0.25, 0.3) is 0 Å². The van der Waals surface area contributed by atoms with Crippen molar-refractivity contribution in [2.45, 2.75) is 33.1 Å². The molecule has 2 amide bonds. The summed E-state index contributed by atoms with van der Waals surface area (Å²) in [6.45, 7) is 3.82. The van der Waals surface area contributed by atoms with Crippen molar-refractivity contribution in [1.82, 2.24) is 4.90 Å². The van der Waals surface area contributed by atoms with Crippen LogP contribution >= 0.6 is 0 Å². The van der Waals surface area contributed by atoms with E-state index < -0.39 is 5.97 Å². The van der Waals surface area contributed by atoms with Crippen LogP contribution in [0.15, 0.2) is 0 Å². The topological polar surface area (TPSA) is 74.7 Å².